The lowest BCUT2D eigenvalue weighted by Gasteiger charge is -2.35. The molecular weight excluding hydrogens is 547 g/mol. The van der Waals surface area contributed by atoms with E-state index >= 15 is 0 Å². The first-order valence-electron chi connectivity index (χ1n) is 12.4. The van der Waals surface area contributed by atoms with Gasteiger partial charge >= 0.3 is 12.4 Å². The van der Waals surface area contributed by atoms with Gasteiger partial charge in [-0.1, -0.05) is 31.9 Å². The number of nitrogens with two attached hydrogens (primary N) is 1. The van der Waals surface area contributed by atoms with Crippen molar-refractivity contribution >= 4 is 12.3 Å². The normalized spacial score (nSPS) is 13.1. The van der Waals surface area contributed by atoms with Gasteiger partial charge in [0.1, 0.15) is 5.82 Å². The van der Waals surface area contributed by atoms with Crippen molar-refractivity contribution in [1.82, 2.24) is 10.2 Å². The average Bonchev–Trinajstić information content (AvgIpc) is 2.90. The number of nitrogens with zero attached hydrogens (tertiary/aromatic N) is 1. The Hall–Kier alpha value is -3.19. The van der Waals surface area contributed by atoms with Gasteiger partial charge in [0.15, 0.2) is 5.54 Å². The highest BCUT2D eigenvalue weighted by atomic mass is 19.4. The molecule has 0 aliphatic heterocycles. The number of hydrogen-bond donors (Lipinski definition) is 2. The molecule has 6 nitrogen and oxygen atoms in total. The number of carbonyl (C=O) groups is 2. The lowest BCUT2D eigenvalue weighted by Crippen LogP contribution is -2.57. The second-order valence-electron chi connectivity index (χ2n) is 8.90. The van der Waals surface area contributed by atoms with Crippen LogP contribution in [0.25, 0.3) is 0 Å². The highest BCUT2D eigenvalue weighted by Crippen LogP contribution is 2.36. The van der Waals surface area contributed by atoms with Crippen LogP contribution in [0, 0.1) is 5.82 Å². The maximum absolute atomic E-state index is 13.4. The maximum Gasteiger partial charge on any atom is 0.416 e. The maximum atomic E-state index is 13.4. The fourth-order valence-electron chi connectivity index (χ4n) is 3.58. The minimum atomic E-state index is -5.03. The molecule has 1 atom stereocenters. The molecular formula is C27H34F7N3O3. The predicted octanol–water partition coefficient (Wildman–Crippen LogP) is 5.64. The van der Waals surface area contributed by atoms with Crippen molar-refractivity contribution in [3.8, 4) is 0 Å². The quantitative estimate of drug-likeness (QED) is 0.193. The van der Waals surface area contributed by atoms with E-state index in [0.717, 1.165) is 18.7 Å². The summed E-state index contributed by atoms with van der Waals surface area (Å²) in [6, 6.07) is 5.46. The first-order valence-corrected chi connectivity index (χ1v) is 12.4. The summed E-state index contributed by atoms with van der Waals surface area (Å²) in [5.74, 6) is -1.32. The summed E-state index contributed by atoms with van der Waals surface area (Å²) in [7, 11) is 1.41. The first kappa shape index (κ1) is 34.8. The number of nitrogens with one attached hydrogen (secondary N) is 1. The molecule has 3 N–H and O–H groups in total. The number of unbranched alkanes of at least 4 members (excludes halogenated alkanes) is 2. The van der Waals surface area contributed by atoms with E-state index in [1.54, 1.807) is 6.92 Å². The summed E-state index contributed by atoms with van der Waals surface area (Å²) >= 11 is 0. The molecule has 0 spiro atoms. The Morgan fingerprint density at radius 2 is 1.50 bits per heavy atom. The summed E-state index contributed by atoms with van der Waals surface area (Å²) in [6.45, 7) is 3.47. The van der Waals surface area contributed by atoms with Gasteiger partial charge < -0.3 is 20.7 Å². The number of alkyl halides is 6. The molecule has 0 radical (unpaired) electrons. The van der Waals surface area contributed by atoms with E-state index in [1.165, 1.54) is 43.3 Å². The summed E-state index contributed by atoms with van der Waals surface area (Å²) in [5, 5.41) is 2.33. The van der Waals surface area contributed by atoms with Gasteiger partial charge in [0.05, 0.1) is 24.3 Å². The molecule has 224 valence electrons. The number of carbonyl (C=O) groups excluding carboxylic acids is 2. The lowest BCUT2D eigenvalue weighted by atomic mass is 9.89. The van der Waals surface area contributed by atoms with Crippen molar-refractivity contribution in [1.29, 1.82) is 0 Å². The third-order valence-electron chi connectivity index (χ3n) is 5.87. The van der Waals surface area contributed by atoms with Gasteiger partial charge in [0.2, 0.25) is 6.41 Å². The van der Waals surface area contributed by atoms with Gasteiger partial charge in [-0.05, 0) is 61.3 Å². The number of benzene rings is 2. The van der Waals surface area contributed by atoms with E-state index in [2.05, 4.69) is 12.2 Å². The van der Waals surface area contributed by atoms with Crippen LogP contribution in [0.15, 0.2) is 42.5 Å². The molecule has 0 fully saturated rings. The SMILES string of the molecule is CCCCCN.CCN(C)C(=O)C(COCc1cc(C(F)(F)F)cc(C(F)(F)F)c1)(NC=O)c1ccc(F)cc1. The van der Waals surface area contributed by atoms with E-state index in [-0.39, 0.29) is 24.6 Å². The Labute approximate surface area is 228 Å². The Kier molecular flexibility index (Phi) is 13.6. The van der Waals surface area contributed by atoms with Gasteiger partial charge in [0, 0.05) is 13.6 Å². The van der Waals surface area contributed by atoms with Crippen molar-refractivity contribution in [3.63, 3.8) is 0 Å². The number of rotatable bonds is 12. The second kappa shape index (κ2) is 15.6. The molecule has 2 aromatic carbocycles. The average molecular weight is 582 g/mol. The number of hydrogen-bond acceptors (Lipinski definition) is 4. The zero-order valence-corrected chi connectivity index (χ0v) is 22.5. The zero-order valence-electron chi connectivity index (χ0n) is 22.5. The molecule has 0 saturated heterocycles. The number of amides is 2. The molecule has 13 heteroatoms. The second-order valence-corrected chi connectivity index (χ2v) is 8.90. The van der Waals surface area contributed by atoms with Crippen LogP contribution in [0.3, 0.4) is 0 Å². The molecule has 0 aliphatic rings. The van der Waals surface area contributed by atoms with Crippen LogP contribution in [0.4, 0.5) is 30.7 Å². The van der Waals surface area contributed by atoms with Crippen molar-refractivity contribution in [3.05, 3.63) is 70.5 Å². The molecule has 0 bridgehead atoms. The molecule has 2 aromatic rings. The molecule has 40 heavy (non-hydrogen) atoms. The van der Waals surface area contributed by atoms with Crippen LogP contribution in [0.5, 0.6) is 0 Å². The largest absolute Gasteiger partial charge is 0.416 e. The molecule has 2 amide bonds. The van der Waals surface area contributed by atoms with Gasteiger partial charge in [-0.15, -0.1) is 0 Å². The van der Waals surface area contributed by atoms with Gasteiger partial charge in [-0.2, -0.15) is 26.3 Å². The van der Waals surface area contributed by atoms with Crippen LogP contribution >= 0.6 is 0 Å². The minimum absolute atomic E-state index is 0.0139. The number of halogens is 7. The van der Waals surface area contributed by atoms with E-state index < -0.39 is 59.5 Å². The summed E-state index contributed by atoms with van der Waals surface area (Å²) in [4.78, 5) is 25.7. The van der Waals surface area contributed by atoms with Gasteiger partial charge in [-0.3, -0.25) is 9.59 Å². The van der Waals surface area contributed by atoms with Gasteiger partial charge in [-0.25, -0.2) is 4.39 Å². The topological polar surface area (TPSA) is 84.7 Å². The van der Waals surface area contributed by atoms with Crippen LogP contribution in [0.1, 0.15) is 55.4 Å². The van der Waals surface area contributed by atoms with E-state index in [0.29, 0.717) is 12.1 Å². The highest BCUT2D eigenvalue weighted by molar-refractivity contribution is 5.89. The zero-order chi connectivity index (χ0) is 30.6. The summed E-state index contributed by atoms with van der Waals surface area (Å²) < 4.78 is 97.4. The number of likely N-dealkylation sites (N-methyl/N-ethyl adjacent to an activating group) is 1. The van der Waals surface area contributed by atoms with Crippen molar-refractivity contribution in [2.24, 2.45) is 5.73 Å². The Bertz CT molecular complexity index is 1040. The summed E-state index contributed by atoms with van der Waals surface area (Å²) in [5.41, 5.74) is -0.0676. The molecule has 0 heterocycles. The molecule has 0 aromatic heterocycles. The minimum Gasteiger partial charge on any atom is -0.373 e. The third-order valence-corrected chi connectivity index (χ3v) is 5.87. The van der Waals surface area contributed by atoms with Crippen LogP contribution in [-0.4, -0.2) is 44.0 Å². The van der Waals surface area contributed by atoms with Crippen LogP contribution in [0.2, 0.25) is 0 Å². The van der Waals surface area contributed by atoms with Gasteiger partial charge in [0.25, 0.3) is 5.91 Å². The van der Waals surface area contributed by atoms with E-state index in [9.17, 15) is 40.3 Å². The Morgan fingerprint density at radius 1 is 0.950 bits per heavy atom. The number of ether oxygens (including phenoxy) is 1. The Balaban J connectivity index is 0.00000120. The van der Waals surface area contributed by atoms with Crippen molar-refractivity contribution in [2.75, 3.05) is 26.7 Å². The van der Waals surface area contributed by atoms with E-state index in [1.807, 2.05) is 0 Å². The van der Waals surface area contributed by atoms with Crippen molar-refractivity contribution in [2.45, 2.75) is 57.6 Å². The van der Waals surface area contributed by atoms with Crippen molar-refractivity contribution < 1.29 is 45.1 Å². The fourth-order valence-corrected chi connectivity index (χ4v) is 3.58. The van der Waals surface area contributed by atoms with E-state index in [4.69, 9.17) is 10.5 Å². The molecule has 0 saturated carbocycles. The molecule has 2 rings (SSSR count). The Morgan fingerprint density at radius 3 is 1.90 bits per heavy atom. The molecule has 1 unspecified atom stereocenters. The standard InChI is InChI=1S/C22H21F7N2O3.C5H13N/c1-3-31(2)19(33)20(30-13-32,15-4-6-18(23)7-5-15)12-34-11-14-8-16(21(24,25)26)10-17(9-14)22(27,28)29;1-2-3-4-5-6/h4-10,13H,3,11-12H2,1-2H3,(H,30,32);2-6H2,1H3. The molecule has 0 aliphatic carbocycles. The monoisotopic (exact) mass is 581 g/mol. The van der Waals surface area contributed by atoms with Crippen LogP contribution in [-0.2, 0) is 38.8 Å². The highest BCUT2D eigenvalue weighted by Gasteiger charge is 2.42. The predicted molar refractivity (Wildman–Crippen MR) is 135 cm³/mol. The first-order chi connectivity index (χ1) is 18.7. The van der Waals surface area contributed by atoms with Crippen LogP contribution < -0.4 is 11.1 Å². The summed E-state index contributed by atoms with van der Waals surface area (Å²) in [6.07, 6.45) is -6.12. The lowest BCUT2D eigenvalue weighted by molar-refractivity contribution is -0.143. The smallest absolute Gasteiger partial charge is 0.373 e. The fraction of sp³-hybridized carbons (Fsp3) is 0.481. The third kappa shape index (κ3) is 10.1.